The molecule has 0 saturated carbocycles. The fraction of sp³-hybridized carbons (Fsp3) is 0.333. The number of methoxy groups -OCH3 is 2. The standard InChI is InChI=1S/C21H27NO3S/c1-4-5-6-15-26(23)22(16-18-7-11-20(24-2)12-8-18)17-19-9-13-21(25-3)14-10-19/h4,7-14H,1,5-6,15-17H2,2-3H3. The zero-order valence-electron chi connectivity index (χ0n) is 15.5. The van der Waals surface area contributed by atoms with E-state index in [2.05, 4.69) is 6.58 Å². The van der Waals surface area contributed by atoms with E-state index in [4.69, 9.17) is 9.47 Å². The summed E-state index contributed by atoms with van der Waals surface area (Å²) in [5, 5.41) is 0. The van der Waals surface area contributed by atoms with Crippen LogP contribution < -0.4 is 9.47 Å². The van der Waals surface area contributed by atoms with E-state index in [0.29, 0.717) is 18.8 Å². The number of hydrogen-bond donors (Lipinski definition) is 0. The van der Waals surface area contributed by atoms with Crippen LogP contribution in [0.15, 0.2) is 61.2 Å². The Balaban J connectivity index is 2.10. The smallest absolute Gasteiger partial charge is 0.118 e. The van der Waals surface area contributed by atoms with Crippen molar-refractivity contribution >= 4 is 11.0 Å². The zero-order valence-corrected chi connectivity index (χ0v) is 16.3. The maximum absolute atomic E-state index is 12.8. The van der Waals surface area contributed by atoms with E-state index >= 15 is 0 Å². The van der Waals surface area contributed by atoms with Crippen molar-refractivity contribution in [2.24, 2.45) is 0 Å². The summed E-state index contributed by atoms with van der Waals surface area (Å²) in [6.07, 6.45) is 3.62. The van der Waals surface area contributed by atoms with Crippen LogP contribution in [0.3, 0.4) is 0 Å². The van der Waals surface area contributed by atoms with E-state index in [-0.39, 0.29) is 0 Å². The first-order valence-corrected chi connectivity index (χ1v) is 9.94. The molecule has 0 amide bonds. The summed E-state index contributed by atoms with van der Waals surface area (Å²) in [6.45, 7) is 4.98. The van der Waals surface area contributed by atoms with Crippen molar-refractivity contribution < 1.29 is 13.7 Å². The van der Waals surface area contributed by atoms with Crippen LogP contribution in [-0.4, -0.2) is 28.5 Å². The summed E-state index contributed by atoms with van der Waals surface area (Å²) < 4.78 is 25.3. The quantitative estimate of drug-likeness (QED) is 0.434. The van der Waals surface area contributed by atoms with E-state index in [0.717, 1.165) is 35.5 Å². The van der Waals surface area contributed by atoms with Gasteiger partial charge in [0.25, 0.3) is 0 Å². The summed E-state index contributed by atoms with van der Waals surface area (Å²) in [4.78, 5) is 0. The molecule has 0 heterocycles. The lowest BCUT2D eigenvalue weighted by atomic mass is 10.2. The van der Waals surface area contributed by atoms with Gasteiger partial charge >= 0.3 is 0 Å². The first-order valence-electron chi connectivity index (χ1n) is 8.66. The lowest BCUT2D eigenvalue weighted by Gasteiger charge is -2.22. The zero-order chi connectivity index (χ0) is 18.8. The van der Waals surface area contributed by atoms with Gasteiger partial charge < -0.3 is 9.47 Å². The molecule has 2 rings (SSSR count). The second-order valence-corrected chi connectivity index (χ2v) is 7.52. The van der Waals surface area contributed by atoms with Crippen molar-refractivity contribution in [2.45, 2.75) is 25.9 Å². The van der Waals surface area contributed by atoms with Gasteiger partial charge in [-0.2, -0.15) is 0 Å². The number of ether oxygens (including phenoxy) is 2. The van der Waals surface area contributed by atoms with Crippen LogP contribution in [0.25, 0.3) is 0 Å². The van der Waals surface area contributed by atoms with Crippen molar-refractivity contribution in [2.75, 3.05) is 20.0 Å². The Morgan fingerprint density at radius 2 is 1.38 bits per heavy atom. The second-order valence-electron chi connectivity index (χ2n) is 5.95. The number of benzene rings is 2. The average Bonchev–Trinajstić information content (AvgIpc) is 2.68. The molecule has 140 valence electrons. The summed E-state index contributed by atoms with van der Waals surface area (Å²) in [5.74, 6) is 2.28. The molecule has 0 radical (unpaired) electrons. The van der Waals surface area contributed by atoms with Crippen molar-refractivity contribution in [3.63, 3.8) is 0 Å². The van der Waals surface area contributed by atoms with Crippen molar-refractivity contribution in [3.05, 3.63) is 72.3 Å². The third-order valence-electron chi connectivity index (χ3n) is 4.05. The second kappa shape index (κ2) is 10.8. The van der Waals surface area contributed by atoms with Crippen LogP contribution in [0.1, 0.15) is 24.0 Å². The molecule has 0 fully saturated rings. The molecule has 0 saturated heterocycles. The number of allylic oxidation sites excluding steroid dienone is 1. The predicted molar refractivity (Wildman–Crippen MR) is 108 cm³/mol. The van der Waals surface area contributed by atoms with Gasteiger partial charge in [-0.15, -0.1) is 6.58 Å². The van der Waals surface area contributed by atoms with Crippen LogP contribution >= 0.6 is 0 Å². The number of hydrogen-bond acceptors (Lipinski definition) is 3. The van der Waals surface area contributed by atoms with E-state index in [1.54, 1.807) is 14.2 Å². The fourth-order valence-corrected chi connectivity index (χ4v) is 3.81. The fourth-order valence-electron chi connectivity index (χ4n) is 2.55. The highest BCUT2D eigenvalue weighted by Crippen LogP contribution is 2.18. The Labute approximate surface area is 159 Å². The van der Waals surface area contributed by atoms with E-state index < -0.39 is 11.0 Å². The monoisotopic (exact) mass is 373 g/mol. The number of unbranched alkanes of at least 4 members (excludes halogenated alkanes) is 1. The molecule has 5 heteroatoms. The molecule has 4 nitrogen and oxygen atoms in total. The van der Waals surface area contributed by atoms with Crippen LogP contribution in [0, 0.1) is 0 Å². The minimum Gasteiger partial charge on any atom is -0.497 e. The molecular formula is C21H27NO3S. The lowest BCUT2D eigenvalue weighted by molar-refractivity contribution is 0.411. The van der Waals surface area contributed by atoms with Crippen LogP contribution in [0.5, 0.6) is 11.5 Å². The van der Waals surface area contributed by atoms with Crippen LogP contribution in [0.2, 0.25) is 0 Å². The van der Waals surface area contributed by atoms with E-state index in [1.165, 1.54) is 0 Å². The van der Waals surface area contributed by atoms with Crippen LogP contribution in [0.4, 0.5) is 0 Å². The molecule has 1 unspecified atom stereocenters. The summed E-state index contributed by atoms with van der Waals surface area (Å²) >= 11 is 0. The number of rotatable bonds is 11. The van der Waals surface area contributed by atoms with Gasteiger partial charge in [0.2, 0.25) is 0 Å². The van der Waals surface area contributed by atoms with Gasteiger partial charge in [0.15, 0.2) is 0 Å². The molecule has 0 N–H and O–H groups in total. The third kappa shape index (κ3) is 6.32. The first-order chi connectivity index (χ1) is 12.7. The summed E-state index contributed by atoms with van der Waals surface area (Å²) in [6, 6.07) is 15.8. The molecule has 0 aromatic heterocycles. The Hall–Kier alpha value is -2.11. The molecule has 0 spiro atoms. The van der Waals surface area contributed by atoms with Gasteiger partial charge in [0.1, 0.15) is 11.5 Å². The minimum atomic E-state index is -1.05. The predicted octanol–water partition coefficient (Wildman–Crippen LogP) is 4.34. The average molecular weight is 374 g/mol. The highest BCUT2D eigenvalue weighted by molar-refractivity contribution is 7.82. The highest BCUT2D eigenvalue weighted by atomic mass is 32.2. The molecule has 0 aliphatic heterocycles. The molecule has 0 bridgehead atoms. The van der Waals surface area contributed by atoms with E-state index in [1.807, 2.05) is 58.9 Å². The maximum Gasteiger partial charge on any atom is 0.118 e. The van der Waals surface area contributed by atoms with Gasteiger partial charge in [0, 0.05) is 18.8 Å². The molecule has 2 aromatic rings. The largest absolute Gasteiger partial charge is 0.497 e. The van der Waals surface area contributed by atoms with Gasteiger partial charge in [-0.05, 0) is 48.2 Å². The maximum atomic E-state index is 12.8. The number of nitrogens with zero attached hydrogens (tertiary/aromatic N) is 1. The van der Waals surface area contributed by atoms with Crippen LogP contribution in [-0.2, 0) is 24.1 Å². The Kier molecular flexibility index (Phi) is 8.38. The first kappa shape index (κ1) is 20.2. The summed E-state index contributed by atoms with van der Waals surface area (Å²) in [7, 11) is 2.25. The highest BCUT2D eigenvalue weighted by Gasteiger charge is 2.14. The molecule has 2 aromatic carbocycles. The molecule has 1 atom stereocenters. The van der Waals surface area contributed by atoms with Crippen molar-refractivity contribution in [3.8, 4) is 11.5 Å². The van der Waals surface area contributed by atoms with Gasteiger partial charge in [-0.3, -0.25) is 0 Å². The van der Waals surface area contributed by atoms with Gasteiger partial charge in [0.05, 0.1) is 25.2 Å². The SMILES string of the molecule is C=CCCCS(=O)N(Cc1ccc(OC)cc1)Cc1ccc(OC)cc1. The summed E-state index contributed by atoms with van der Waals surface area (Å²) in [5.41, 5.74) is 2.22. The van der Waals surface area contributed by atoms with Gasteiger partial charge in [-0.1, -0.05) is 30.3 Å². The third-order valence-corrected chi connectivity index (χ3v) is 5.52. The van der Waals surface area contributed by atoms with Gasteiger partial charge in [-0.25, -0.2) is 8.51 Å². The molecular weight excluding hydrogens is 346 g/mol. The lowest BCUT2D eigenvalue weighted by Crippen LogP contribution is -2.27. The van der Waals surface area contributed by atoms with Crippen molar-refractivity contribution in [1.82, 2.24) is 4.31 Å². The Morgan fingerprint density at radius 3 is 1.77 bits per heavy atom. The van der Waals surface area contributed by atoms with E-state index in [9.17, 15) is 4.21 Å². The molecule has 26 heavy (non-hydrogen) atoms. The Bertz CT molecular complexity index is 649. The molecule has 0 aliphatic carbocycles. The van der Waals surface area contributed by atoms with Crippen molar-refractivity contribution in [1.29, 1.82) is 0 Å². The normalized spacial score (nSPS) is 12.0. The topological polar surface area (TPSA) is 38.8 Å². The molecule has 0 aliphatic rings. The minimum absolute atomic E-state index is 0.622. The Morgan fingerprint density at radius 1 is 0.923 bits per heavy atom.